The summed E-state index contributed by atoms with van der Waals surface area (Å²) in [5.41, 5.74) is 17.8. The number of hydrogen-bond donors (Lipinski definition) is 0. The molecule has 0 saturated heterocycles. The second kappa shape index (κ2) is 19.1. The normalized spacial score (nSPS) is 13.0. The Hall–Kier alpha value is -12.4. The Bertz CT molecular complexity index is 6710. The van der Waals surface area contributed by atoms with Crippen LogP contribution in [-0.2, 0) is 0 Å². The number of fused-ring (bicyclic) bond motifs is 28. The van der Waals surface area contributed by atoms with E-state index in [-0.39, 0.29) is 6.71 Å². The molecule has 0 bridgehead atoms. The second-order valence-electron chi connectivity index (χ2n) is 26.1. The molecule has 0 fully saturated rings. The molecule has 22 rings (SSSR count). The van der Waals surface area contributed by atoms with Crippen molar-refractivity contribution in [1.29, 1.82) is 0 Å². The Morgan fingerprint density at radius 2 is 0.568 bits per heavy atom. The third kappa shape index (κ3) is 7.05. The quantitative estimate of drug-likeness (QED) is 0.130. The molecule has 2 aliphatic heterocycles. The molecule has 18 aromatic carbocycles. The van der Waals surface area contributed by atoms with Crippen molar-refractivity contribution in [2.75, 3.05) is 9.80 Å². The minimum absolute atomic E-state index is 0.207. The lowest BCUT2D eigenvalue weighted by Gasteiger charge is -2.45. The van der Waals surface area contributed by atoms with Crippen LogP contribution in [0, 0.1) is 0 Å². The Labute approximate surface area is 545 Å². The van der Waals surface area contributed by atoms with Gasteiger partial charge in [-0.1, -0.05) is 231 Å². The fourth-order valence-electron chi connectivity index (χ4n) is 17.4. The molecule has 4 heterocycles. The molecule has 5 heteroatoms. The number of para-hydroxylation sites is 3. The molecule has 0 aliphatic carbocycles. The third-order valence-electron chi connectivity index (χ3n) is 21.4. The summed E-state index contributed by atoms with van der Waals surface area (Å²) in [6.07, 6.45) is 0. The summed E-state index contributed by atoms with van der Waals surface area (Å²) in [6.45, 7) is -0.207. The van der Waals surface area contributed by atoms with Gasteiger partial charge in [-0.2, -0.15) is 0 Å². The molecule has 0 spiro atoms. The summed E-state index contributed by atoms with van der Waals surface area (Å²) in [5, 5.41) is 27.0. The van der Waals surface area contributed by atoms with Crippen LogP contribution in [-0.4, -0.2) is 11.3 Å². The van der Waals surface area contributed by atoms with Gasteiger partial charge in [0.1, 0.15) is 11.2 Å². The summed E-state index contributed by atoms with van der Waals surface area (Å²) < 4.78 is 9.28. The first-order valence-electron chi connectivity index (χ1n) is 33.0. The summed E-state index contributed by atoms with van der Waals surface area (Å²) in [5.74, 6) is 0. The van der Waals surface area contributed by atoms with E-state index in [4.69, 9.17) is 4.42 Å². The predicted molar refractivity (Wildman–Crippen MR) is 405 cm³/mol. The zero-order valence-corrected chi connectivity index (χ0v) is 51.3. The molecule has 2 aliphatic rings. The molecule has 0 N–H and O–H groups in total. The van der Waals surface area contributed by atoms with Crippen LogP contribution in [0.1, 0.15) is 0 Å². The first-order valence-corrected chi connectivity index (χ1v) is 33.0. The van der Waals surface area contributed by atoms with Crippen molar-refractivity contribution < 1.29 is 4.42 Å². The van der Waals surface area contributed by atoms with Gasteiger partial charge in [0.2, 0.25) is 0 Å². The molecule has 0 amide bonds. The van der Waals surface area contributed by atoms with Crippen molar-refractivity contribution in [2.45, 2.75) is 0 Å². The maximum atomic E-state index is 6.79. The first kappa shape index (κ1) is 51.2. The van der Waals surface area contributed by atoms with Gasteiger partial charge in [0, 0.05) is 61.4 Å². The topological polar surface area (TPSA) is 24.6 Å². The third-order valence-corrected chi connectivity index (χ3v) is 21.4. The van der Waals surface area contributed by atoms with E-state index < -0.39 is 0 Å². The van der Waals surface area contributed by atoms with Crippen LogP contribution in [0.5, 0.6) is 0 Å². The fraction of sp³-hybridized carbons (Fsp3) is 0. The molecule has 2 aromatic heterocycles. The van der Waals surface area contributed by atoms with E-state index in [0.29, 0.717) is 0 Å². The van der Waals surface area contributed by atoms with Gasteiger partial charge in [-0.3, -0.25) is 0 Å². The van der Waals surface area contributed by atoms with E-state index in [2.05, 4.69) is 330 Å². The van der Waals surface area contributed by atoms with E-state index in [1.165, 1.54) is 135 Å². The smallest absolute Gasteiger partial charge is 0.252 e. The number of rotatable bonds is 4. The van der Waals surface area contributed by atoms with Crippen LogP contribution >= 0.6 is 0 Å². The highest BCUT2D eigenvalue weighted by Gasteiger charge is 2.45. The highest BCUT2D eigenvalue weighted by molar-refractivity contribution is 7.00. The zero-order chi connectivity index (χ0) is 61.7. The lowest BCUT2D eigenvalue weighted by atomic mass is 9.33. The van der Waals surface area contributed by atoms with Gasteiger partial charge in [-0.05, 0) is 209 Å². The summed E-state index contributed by atoms with van der Waals surface area (Å²) in [4.78, 5) is 5.26. The fourth-order valence-corrected chi connectivity index (χ4v) is 17.4. The number of nitrogens with zero attached hydrogens (tertiary/aromatic N) is 3. The molecule has 0 atom stereocenters. The largest absolute Gasteiger partial charge is 0.456 e. The molecule has 95 heavy (non-hydrogen) atoms. The lowest BCUT2D eigenvalue weighted by molar-refractivity contribution is 0.669. The van der Waals surface area contributed by atoms with Gasteiger partial charge in [-0.25, -0.2) is 0 Å². The minimum Gasteiger partial charge on any atom is -0.456 e. The number of aromatic nitrogens is 1. The average molecular weight is 1200 g/mol. The highest BCUT2D eigenvalue weighted by atomic mass is 16.3. The summed E-state index contributed by atoms with van der Waals surface area (Å²) in [7, 11) is 0. The Morgan fingerprint density at radius 1 is 0.211 bits per heavy atom. The van der Waals surface area contributed by atoms with Crippen molar-refractivity contribution in [3.05, 3.63) is 315 Å². The molecule has 436 valence electrons. The second-order valence-corrected chi connectivity index (χ2v) is 26.1. The van der Waals surface area contributed by atoms with E-state index in [1.54, 1.807) is 0 Å². The Kier molecular flexibility index (Phi) is 10.3. The standard InChI is InChI=1S/C90H52BN3O/c1-3-25-64-58(19-1)60-21-5-9-27-66(60)76-48-55(38-42-70(64)76)93-84-50-57(92-82-34-16-13-31-72(82)73-32-14-17-35-83(73)92)40-44-80(84)91-81-51-78-68-29-11-7-23-62(68)63-24-8-12-30-69(63)79(78)52-85(81)94(56-39-43-71-65-26-4-2-20-59(65)61-22-6-10-28-67(61)77(71)49-56)87-46-54(45-86(93)90(87)91)53-37-41-75-74-33-15-18-36-88(74)95-89(75)47-53/h1-52H. The number of furan rings is 1. The van der Waals surface area contributed by atoms with Crippen LogP contribution in [0.15, 0.2) is 320 Å². The summed E-state index contributed by atoms with van der Waals surface area (Å²) >= 11 is 0. The summed E-state index contributed by atoms with van der Waals surface area (Å²) in [6, 6.07) is 119. The highest BCUT2D eigenvalue weighted by Crippen LogP contribution is 2.51. The average Bonchev–Trinajstić information content (AvgIpc) is 1.21. The Morgan fingerprint density at radius 3 is 1.05 bits per heavy atom. The molecular formula is C90H52BN3O. The molecule has 0 unspecified atom stereocenters. The van der Waals surface area contributed by atoms with Crippen molar-refractivity contribution in [3.8, 4) is 16.8 Å². The van der Waals surface area contributed by atoms with Crippen LogP contribution in [0.2, 0.25) is 0 Å². The van der Waals surface area contributed by atoms with E-state index in [9.17, 15) is 0 Å². The van der Waals surface area contributed by atoms with Crippen molar-refractivity contribution in [3.63, 3.8) is 0 Å². The monoisotopic (exact) mass is 1200 g/mol. The number of benzene rings is 18. The predicted octanol–water partition coefficient (Wildman–Crippen LogP) is 22.8. The Balaban J connectivity index is 0.908. The molecular weight excluding hydrogens is 1150 g/mol. The molecule has 0 radical (unpaired) electrons. The van der Waals surface area contributed by atoms with E-state index >= 15 is 0 Å². The SMILES string of the molecule is c1ccc2c(c1)oc1cc(-c3cc4c5c(c3)N(c3ccc6c7ccccc7c7ccccc7c6c3)c3cc6c7ccccc7c7ccccc7c6cc3B5c3ccc(-n5c6ccccc6c6ccccc65)cc3N4c3ccc4c5ccccc5c5ccccc5c4c3)ccc12. The van der Waals surface area contributed by atoms with Gasteiger partial charge in [0.25, 0.3) is 6.71 Å². The number of anilines is 6. The van der Waals surface area contributed by atoms with Crippen LogP contribution in [0.3, 0.4) is 0 Å². The number of hydrogen-bond acceptors (Lipinski definition) is 3. The maximum absolute atomic E-state index is 6.79. The van der Waals surface area contributed by atoms with Gasteiger partial charge in [-0.15, -0.1) is 0 Å². The van der Waals surface area contributed by atoms with Crippen molar-refractivity contribution in [2.24, 2.45) is 0 Å². The molecule has 20 aromatic rings. The minimum atomic E-state index is -0.207. The van der Waals surface area contributed by atoms with Gasteiger partial charge in [0.15, 0.2) is 0 Å². The van der Waals surface area contributed by atoms with Crippen molar-refractivity contribution >= 4 is 198 Å². The van der Waals surface area contributed by atoms with Crippen LogP contribution in [0.25, 0.3) is 158 Å². The van der Waals surface area contributed by atoms with Gasteiger partial charge >= 0.3 is 0 Å². The van der Waals surface area contributed by atoms with Crippen LogP contribution in [0.4, 0.5) is 34.1 Å². The van der Waals surface area contributed by atoms with E-state index in [0.717, 1.165) is 72.9 Å². The first-order chi connectivity index (χ1) is 47.1. The van der Waals surface area contributed by atoms with Crippen molar-refractivity contribution in [1.82, 2.24) is 4.57 Å². The zero-order valence-electron chi connectivity index (χ0n) is 51.3. The molecule has 4 nitrogen and oxygen atoms in total. The van der Waals surface area contributed by atoms with Gasteiger partial charge in [0.05, 0.1) is 11.0 Å². The molecule has 0 saturated carbocycles. The van der Waals surface area contributed by atoms with Gasteiger partial charge < -0.3 is 18.8 Å². The van der Waals surface area contributed by atoms with E-state index in [1.807, 2.05) is 0 Å². The lowest BCUT2D eigenvalue weighted by Crippen LogP contribution is -2.61. The maximum Gasteiger partial charge on any atom is 0.252 e. The van der Waals surface area contributed by atoms with Crippen LogP contribution < -0.4 is 26.2 Å².